The molecule has 2 N–H and O–H groups in total. The van der Waals surface area contributed by atoms with Crippen LogP contribution in [0.15, 0.2) is 34.1 Å². The molecule has 0 aliphatic rings. The molecular weight excluding hydrogens is 378 g/mol. The first-order valence-corrected chi connectivity index (χ1v) is 8.83. The van der Waals surface area contributed by atoms with Crippen molar-refractivity contribution in [1.29, 1.82) is 0 Å². The number of nitrogens with zero attached hydrogens (tertiary/aromatic N) is 2. The van der Waals surface area contributed by atoms with Crippen LogP contribution < -0.4 is 5.73 Å². The highest BCUT2D eigenvalue weighted by Crippen LogP contribution is 2.23. The van der Waals surface area contributed by atoms with Gasteiger partial charge >= 0.3 is 0 Å². The molecular formula is C16H18BrN3O2S. The summed E-state index contributed by atoms with van der Waals surface area (Å²) in [6.07, 6.45) is 1.00. The molecule has 122 valence electrons. The number of nitrogens with two attached hydrogens (primary N) is 1. The van der Waals surface area contributed by atoms with E-state index in [9.17, 15) is 9.59 Å². The quantitative estimate of drug-likeness (QED) is 0.816. The maximum atomic E-state index is 12.5. The van der Waals surface area contributed by atoms with Crippen LogP contribution in [0.25, 0.3) is 0 Å². The van der Waals surface area contributed by atoms with Gasteiger partial charge < -0.3 is 10.6 Å². The predicted octanol–water partition coefficient (Wildman–Crippen LogP) is 2.70. The Bertz CT molecular complexity index is 717. The second kappa shape index (κ2) is 7.70. The number of primary amides is 1. The first kappa shape index (κ1) is 17.6. The molecule has 5 nitrogen and oxygen atoms in total. The van der Waals surface area contributed by atoms with Crippen molar-refractivity contribution in [1.82, 2.24) is 9.88 Å². The van der Waals surface area contributed by atoms with Gasteiger partial charge in [-0.2, -0.15) is 0 Å². The topological polar surface area (TPSA) is 76.3 Å². The molecule has 0 aliphatic carbocycles. The third-order valence-corrected chi connectivity index (χ3v) is 4.98. The fourth-order valence-corrected chi connectivity index (χ4v) is 3.43. The lowest BCUT2D eigenvalue weighted by Crippen LogP contribution is -2.39. The van der Waals surface area contributed by atoms with Gasteiger partial charge in [0.05, 0.1) is 17.1 Å². The van der Waals surface area contributed by atoms with Crippen LogP contribution in [0.4, 0.5) is 0 Å². The zero-order valence-electron chi connectivity index (χ0n) is 13.0. The minimum Gasteiger partial charge on any atom is -0.368 e. The molecule has 0 saturated carbocycles. The molecule has 0 aliphatic heterocycles. The van der Waals surface area contributed by atoms with Crippen LogP contribution in [-0.2, 0) is 22.4 Å². The molecule has 0 saturated heterocycles. The lowest BCUT2D eigenvalue weighted by atomic mass is 10.0. The fraction of sp³-hybridized carbons (Fsp3) is 0.312. The Labute approximate surface area is 147 Å². The molecule has 1 aromatic heterocycles. The Morgan fingerprint density at radius 3 is 2.74 bits per heavy atom. The minimum absolute atomic E-state index is 0.158. The largest absolute Gasteiger partial charge is 0.368 e. The molecule has 23 heavy (non-hydrogen) atoms. The Kier molecular flexibility index (Phi) is 5.90. The van der Waals surface area contributed by atoms with Gasteiger partial charge in [0.2, 0.25) is 11.8 Å². The van der Waals surface area contributed by atoms with E-state index in [1.807, 2.05) is 24.4 Å². The highest BCUT2D eigenvalue weighted by molar-refractivity contribution is 9.10. The van der Waals surface area contributed by atoms with Crippen molar-refractivity contribution in [3.8, 4) is 0 Å². The summed E-state index contributed by atoms with van der Waals surface area (Å²) in [6.45, 7) is 2.02. The zero-order chi connectivity index (χ0) is 17.0. The van der Waals surface area contributed by atoms with Gasteiger partial charge in [0.1, 0.15) is 6.04 Å². The summed E-state index contributed by atoms with van der Waals surface area (Å²) < 4.78 is 0.828. The number of aromatic nitrogens is 1. The van der Waals surface area contributed by atoms with Crippen molar-refractivity contribution in [2.45, 2.75) is 25.8 Å². The molecule has 0 bridgehead atoms. The molecule has 1 aromatic carbocycles. The van der Waals surface area contributed by atoms with Gasteiger partial charge in [-0.3, -0.25) is 9.59 Å². The second-order valence-electron chi connectivity index (χ2n) is 5.13. The number of hydrogen-bond acceptors (Lipinski definition) is 4. The van der Waals surface area contributed by atoms with Crippen molar-refractivity contribution in [3.05, 3.63) is 50.4 Å². The molecule has 2 amide bonds. The third kappa shape index (κ3) is 4.39. The number of amides is 2. The van der Waals surface area contributed by atoms with Crippen molar-refractivity contribution in [3.63, 3.8) is 0 Å². The zero-order valence-corrected chi connectivity index (χ0v) is 15.4. The van der Waals surface area contributed by atoms with Crippen LogP contribution in [-0.4, -0.2) is 28.7 Å². The summed E-state index contributed by atoms with van der Waals surface area (Å²) in [5.74, 6) is -0.756. The normalized spacial score (nSPS) is 12.0. The second-order valence-corrected chi connectivity index (χ2v) is 6.99. The van der Waals surface area contributed by atoms with Gasteiger partial charge in [0, 0.05) is 16.9 Å². The Hall–Kier alpha value is -1.73. The van der Waals surface area contributed by atoms with E-state index in [0.717, 1.165) is 21.6 Å². The van der Waals surface area contributed by atoms with E-state index in [-0.39, 0.29) is 12.3 Å². The number of likely N-dealkylation sites (N-methyl/N-ethyl adjacent to an activating group) is 1. The van der Waals surface area contributed by atoms with Crippen LogP contribution in [0.3, 0.4) is 0 Å². The number of thiazole rings is 1. The summed E-state index contributed by atoms with van der Waals surface area (Å²) in [5, 5.41) is 2.87. The Balaban J connectivity index is 2.18. The summed E-state index contributed by atoms with van der Waals surface area (Å²) >= 11 is 4.90. The average molecular weight is 396 g/mol. The van der Waals surface area contributed by atoms with E-state index >= 15 is 0 Å². The van der Waals surface area contributed by atoms with Crippen molar-refractivity contribution < 1.29 is 9.59 Å². The standard InChI is InChI=1S/C16H18BrN3O2S/c1-3-13-19-12(9-23-13)8-14(21)20(2)15(16(18)22)10-5-4-6-11(17)7-10/h4-7,9,15H,3,8H2,1-2H3,(H2,18,22)/t15-/m1/s1. The van der Waals surface area contributed by atoms with Gasteiger partial charge in [-0.15, -0.1) is 11.3 Å². The highest BCUT2D eigenvalue weighted by atomic mass is 79.9. The van der Waals surface area contributed by atoms with Crippen LogP contribution in [0, 0.1) is 0 Å². The average Bonchev–Trinajstić information content (AvgIpc) is 2.94. The lowest BCUT2D eigenvalue weighted by molar-refractivity contribution is -0.137. The molecule has 7 heteroatoms. The van der Waals surface area contributed by atoms with E-state index in [1.54, 1.807) is 19.2 Å². The molecule has 2 rings (SSSR count). The summed E-state index contributed by atoms with van der Waals surface area (Å²) in [5.41, 5.74) is 6.91. The van der Waals surface area contributed by atoms with Crippen LogP contribution in [0.1, 0.15) is 29.2 Å². The van der Waals surface area contributed by atoms with E-state index in [1.165, 1.54) is 16.2 Å². The maximum absolute atomic E-state index is 12.5. The lowest BCUT2D eigenvalue weighted by Gasteiger charge is -2.26. The van der Waals surface area contributed by atoms with Crippen molar-refractivity contribution in [2.75, 3.05) is 7.05 Å². The molecule has 0 fully saturated rings. The third-order valence-electron chi connectivity index (χ3n) is 3.45. The van der Waals surface area contributed by atoms with Crippen molar-refractivity contribution in [2.24, 2.45) is 5.73 Å². The first-order valence-electron chi connectivity index (χ1n) is 7.16. The molecule has 0 spiro atoms. The van der Waals surface area contributed by atoms with Crippen LogP contribution in [0.5, 0.6) is 0 Å². The van der Waals surface area contributed by atoms with E-state index in [4.69, 9.17) is 5.73 Å². The number of halogens is 1. The summed E-state index contributed by atoms with van der Waals surface area (Å²) in [7, 11) is 1.59. The highest BCUT2D eigenvalue weighted by Gasteiger charge is 2.27. The van der Waals surface area contributed by atoms with Crippen LogP contribution >= 0.6 is 27.3 Å². The molecule has 0 unspecified atom stereocenters. The smallest absolute Gasteiger partial charge is 0.244 e. The fourth-order valence-electron chi connectivity index (χ4n) is 2.27. The van der Waals surface area contributed by atoms with Crippen LogP contribution in [0.2, 0.25) is 0 Å². The number of rotatable bonds is 6. The minimum atomic E-state index is -0.802. The molecule has 1 heterocycles. The Morgan fingerprint density at radius 2 is 2.17 bits per heavy atom. The number of hydrogen-bond donors (Lipinski definition) is 1. The maximum Gasteiger partial charge on any atom is 0.244 e. The van der Waals surface area contributed by atoms with Crippen molar-refractivity contribution >= 4 is 39.1 Å². The van der Waals surface area contributed by atoms with E-state index in [2.05, 4.69) is 20.9 Å². The molecule has 1 atom stereocenters. The first-order chi connectivity index (χ1) is 10.9. The summed E-state index contributed by atoms with van der Waals surface area (Å²) in [6, 6.07) is 6.43. The van der Waals surface area contributed by atoms with Gasteiger partial charge in [-0.25, -0.2) is 4.98 Å². The van der Waals surface area contributed by atoms with Gasteiger partial charge in [0.15, 0.2) is 0 Å². The predicted molar refractivity (Wildman–Crippen MR) is 94.0 cm³/mol. The van der Waals surface area contributed by atoms with Gasteiger partial charge in [-0.1, -0.05) is 35.0 Å². The van der Waals surface area contributed by atoms with E-state index in [0.29, 0.717) is 5.56 Å². The number of carbonyl (C=O) groups is 2. The number of aryl methyl sites for hydroxylation is 1. The van der Waals surface area contributed by atoms with E-state index < -0.39 is 11.9 Å². The molecule has 2 aromatic rings. The number of carbonyl (C=O) groups excluding carboxylic acids is 2. The molecule has 0 radical (unpaired) electrons. The van der Waals surface area contributed by atoms with Gasteiger partial charge in [0.25, 0.3) is 0 Å². The van der Waals surface area contributed by atoms with Gasteiger partial charge in [-0.05, 0) is 24.1 Å². The Morgan fingerprint density at radius 1 is 1.43 bits per heavy atom. The number of benzene rings is 1. The summed E-state index contributed by atoms with van der Waals surface area (Å²) in [4.78, 5) is 30.1. The monoisotopic (exact) mass is 395 g/mol. The SMILES string of the molecule is CCc1nc(CC(=O)N(C)[C@@H](C(N)=O)c2cccc(Br)c2)cs1.